The molecule has 19 heavy (non-hydrogen) atoms. The first kappa shape index (κ1) is 16.7. The monoisotopic (exact) mass is 291 g/mol. The van der Waals surface area contributed by atoms with Crippen molar-refractivity contribution in [2.75, 3.05) is 52.4 Å². The lowest BCUT2D eigenvalue weighted by Crippen LogP contribution is -2.56. The molecule has 0 saturated carbocycles. The maximum atomic E-state index is 12.0. The number of carbonyl (C=O) groups excluding carboxylic acids is 1. The molecule has 2 saturated heterocycles. The highest BCUT2D eigenvalue weighted by Gasteiger charge is 2.30. The van der Waals surface area contributed by atoms with Crippen molar-refractivity contribution >= 4 is 18.3 Å². The minimum Gasteiger partial charge on any atom is -0.377 e. The van der Waals surface area contributed by atoms with Gasteiger partial charge in [-0.3, -0.25) is 9.69 Å². The Morgan fingerprint density at radius 1 is 1.26 bits per heavy atom. The van der Waals surface area contributed by atoms with Crippen LogP contribution in [0.3, 0.4) is 0 Å². The molecular formula is C13H26ClN3O2. The Kier molecular flexibility index (Phi) is 7.07. The van der Waals surface area contributed by atoms with Crippen LogP contribution in [0, 0.1) is 5.92 Å². The Hall–Kier alpha value is -0.360. The van der Waals surface area contributed by atoms with Crippen molar-refractivity contribution in [3.63, 3.8) is 0 Å². The minimum atomic E-state index is 0. The topological polar surface area (TPSA) is 44.8 Å². The lowest BCUT2D eigenvalue weighted by molar-refractivity contribution is -0.138. The average molecular weight is 292 g/mol. The number of nitrogens with one attached hydrogen (secondary N) is 1. The van der Waals surface area contributed by atoms with E-state index in [1.807, 2.05) is 4.90 Å². The smallest absolute Gasteiger partial charge is 0.228 e. The van der Waals surface area contributed by atoms with Gasteiger partial charge in [-0.25, -0.2) is 0 Å². The Labute approximate surface area is 122 Å². The fourth-order valence-corrected chi connectivity index (χ4v) is 2.33. The zero-order valence-corrected chi connectivity index (χ0v) is 12.7. The van der Waals surface area contributed by atoms with E-state index in [-0.39, 0.29) is 18.3 Å². The lowest BCUT2D eigenvalue weighted by atomic mass is 10.0. The molecule has 6 heteroatoms. The molecule has 0 radical (unpaired) electrons. The van der Waals surface area contributed by atoms with Crippen molar-refractivity contribution in [3.8, 4) is 0 Å². The van der Waals surface area contributed by atoms with E-state index < -0.39 is 0 Å². The molecule has 2 aliphatic heterocycles. The number of ether oxygens (including phenoxy) is 1. The third-order valence-electron chi connectivity index (χ3n) is 3.67. The molecule has 5 nitrogen and oxygen atoms in total. The lowest BCUT2D eigenvalue weighted by Gasteiger charge is -2.38. The highest BCUT2D eigenvalue weighted by Crippen LogP contribution is 2.11. The number of hydrogen-bond donors (Lipinski definition) is 1. The van der Waals surface area contributed by atoms with Crippen molar-refractivity contribution in [2.24, 2.45) is 5.92 Å². The van der Waals surface area contributed by atoms with Crippen molar-refractivity contribution in [1.82, 2.24) is 15.1 Å². The van der Waals surface area contributed by atoms with Gasteiger partial charge in [0.1, 0.15) is 0 Å². The molecule has 0 aromatic heterocycles. The molecule has 1 amide bonds. The van der Waals surface area contributed by atoms with Gasteiger partial charge < -0.3 is 15.0 Å². The molecular weight excluding hydrogens is 266 g/mol. The van der Waals surface area contributed by atoms with Gasteiger partial charge in [-0.15, -0.1) is 12.4 Å². The summed E-state index contributed by atoms with van der Waals surface area (Å²) in [5, 5.41) is 3.15. The van der Waals surface area contributed by atoms with E-state index >= 15 is 0 Å². The molecule has 0 aromatic carbocycles. The molecule has 0 aliphatic carbocycles. The highest BCUT2D eigenvalue weighted by molar-refractivity contribution is 5.85. The van der Waals surface area contributed by atoms with Crippen LogP contribution in [0.25, 0.3) is 0 Å². The summed E-state index contributed by atoms with van der Waals surface area (Å²) >= 11 is 0. The summed E-state index contributed by atoms with van der Waals surface area (Å²) in [6.45, 7) is 11.3. The number of hydrogen-bond acceptors (Lipinski definition) is 4. The van der Waals surface area contributed by atoms with Crippen LogP contribution in [-0.4, -0.2) is 74.2 Å². The van der Waals surface area contributed by atoms with E-state index in [2.05, 4.69) is 24.1 Å². The molecule has 2 aliphatic rings. The zero-order chi connectivity index (χ0) is 13.0. The maximum Gasteiger partial charge on any atom is 0.228 e. The summed E-state index contributed by atoms with van der Waals surface area (Å²) < 4.78 is 5.55. The highest BCUT2D eigenvalue weighted by atomic mass is 35.5. The minimum absolute atomic E-state index is 0. The molecule has 0 atom stereocenters. The van der Waals surface area contributed by atoms with Crippen LogP contribution in [0.1, 0.15) is 13.8 Å². The van der Waals surface area contributed by atoms with E-state index in [1.165, 1.54) is 0 Å². The molecule has 0 unspecified atom stereocenters. The van der Waals surface area contributed by atoms with Gasteiger partial charge in [0, 0.05) is 45.8 Å². The summed E-state index contributed by atoms with van der Waals surface area (Å²) in [5.41, 5.74) is 0. The van der Waals surface area contributed by atoms with Gasteiger partial charge in [0.15, 0.2) is 0 Å². The van der Waals surface area contributed by atoms with Crippen molar-refractivity contribution < 1.29 is 9.53 Å². The summed E-state index contributed by atoms with van der Waals surface area (Å²) in [6, 6.07) is 0. The first-order chi connectivity index (χ1) is 8.66. The summed E-state index contributed by atoms with van der Waals surface area (Å²) in [6.07, 6.45) is 0.305. The van der Waals surface area contributed by atoms with Gasteiger partial charge in [0.05, 0.1) is 18.6 Å². The third kappa shape index (κ3) is 4.91. The van der Waals surface area contributed by atoms with Gasteiger partial charge in [0.2, 0.25) is 5.91 Å². The van der Waals surface area contributed by atoms with Gasteiger partial charge in [0.25, 0.3) is 0 Å². The molecule has 112 valence electrons. The Morgan fingerprint density at radius 2 is 1.89 bits per heavy atom. The van der Waals surface area contributed by atoms with Crippen molar-refractivity contribution in [1.29, 1.82) is 0 Å². The van der Waals surface area contributed by atoms with Gasteiger partial charge >= 0.3 is 0 Å². The molecule has 2 heterocycles. The zero-order valence-electron chi connectivity index (χ0n) is 11.9. The fourth-order valence-electron chi connectivity index (χ4n) is 2.33. The molecule has 0 spiro atoms. The summed E-state index contributed by atoms with van der Waals surface area (Å²) in [5.74, 6) is 0.577. The number of carbonyl (C=O) groups is 1. The Bertz CT molecular complexity index is 277. The maximum absolute atomic E-state index is 12.0. The van der Waals surface area contributed by atoms with Crippen LogP contribution >= 0.6 is 12.4 Å². The van der Waals surface area contributed by atoms with E-state index in [0.29, 0.717) is 12.0 Å². The van der Waals surface area contributed by atoms with Crippen LogP contribution in [0.5, 0.6) is 0 Å². The second kappa shape index (κ2) is 8.04. The molecule has 2 fully saturated rings. The number of nitrogens with zero attached hydrogens (tertiary/aromatic N) is 2. The van der Waals surface area contributed by atoms with Crippen molar-refractivity contribution in [3.05, 3.63) is 0 Å². The Morgan fingerprint density at radius 3 is 2.37 bits per heavy atom. The number of piperazine rings is 1. The van der Waals surface area contributed by atoms with E-state index in [4.69, 9.17) is 4.74 Å². The second-order valence-electron chi connectivity index (χ2n) is 5.44. The average Bonchev–Trinajstić information content (AvgIpc) is 2.27. The van der Waals surface area contributed by atoms with E-state index in [0.717, 1.165) is 52.4 Å². The predicted octanol–water partition coefficient (Wildman–Crippen LogP) is 0.197. The summed E-state index contributed by atoms with van der Waals surface area (Å²) in [4.78, 5) is 16.4. The molecule has 2 rings (SSSR count). The van der Waals surface area contributed by atoms with Crippen LogP contribution in [-0.2, 0) is 9.53 Å². The first-order valence-corrected chi connectivity index (χ1v) is 7.00. The molecule has 1 N–H and O–H groups in total. The fraction of sp³-hybridized carbons (Fsp3) is 0.923. The standard InChI is InChI=1S/C13H25N3O2.ClH/c1-11(2)18-8-7-15-3-5-16(6-4-15)13(17)12-9-14-10-12;/h11-12,14H,3-10H2,1-2H3;1H. The molecule has 0 bridgehead atoms. The molecule has 0 aromatic rings. The first-order valence-electron chi connectivity index (χ1n) is 7.00. The number of rotatable bonds is 5. The summed E-state index contributed by atoms with van der Waals surface area (Å²) in [7, 11) is 0. The number of amides is 1. The quantitative estimate of drug-likeness (QED) is 0.786. The van der Waals surface area contributed by atoms with E-state index in [1.54, 1.807) is 0 Å². The van der Waals surface area contributed by atoms with Gasteiger partial charge in [-0.05, 0) is 13.8 Å². The van der Waals surface area contributed by atoms with Gasteiger partial charge in [-0.2, -0.15) is 0 Å². The third-order valence-corrected chi connectivity index (χ3v) is 3.67. The van der Waals surface area contributed by atoms with Gasteiger partial charge in [-0.1, -0.05) is 0 Å². The predicted molar refractivity (Wildman–Crippen MR) is 77.7 cm³/mol. The van der Waals surface area contributed by atoms with Crippen LogP contribution in [0.15, 0.2) is 0 Å². The Balaban J connectivity index is 0.00000180. The van der Waals surface area contributed by atoms with Crippen LogP contribution in [0.4, 0.5) is 0 Å². The van der Waals surface area contributed by atoms with E-state index in [9.17, 15) is 4.79 Å². The SMILES string of the molecule is CC(C)OCCN1CCN(C(=O)C2CNC2)CC1.Cl. The normalized spacial score (nSPS) is 21.1. The van der Waals surface area contributed by atoms with Crippen LogP contribution in [0.2, 0.25) is 0 Å². The largest absolute Gasteiger partial charge is 0.377 e. The number of halogens is 1. The second-order valence-corrected chi connectivity index (χ2v) is 5.44. The van der Waals surface area contributed by atoms with Crippen LogP contribution < -0.4 is 5.32 Å². The van der Waals surface area contributed by atoms with Crippen molar-refractivity contribution in [2.45, 2.75) is 20.0 Å².